The molecule has 1 aromatic heterocycles. The number of hydrogen-bond acceptors (Lipinski definition) is 4. The van der Waals surface area contributed by atoms with Crippen molar-refractivity contribution in [3.63, 3.8) is 0 Å². The summed E-state index contributed by atoms with van der Waals surface area (Å²) < 4.78 is 25.2. The number of anilines is 1. The third-order valence-electron chi connectivity index (χ3n) is 4.31. The van der Waals surface area contributed by atoms with Crippen LogP contribution in [0.3, 0.4) is 0 Å². The molecule has 1 heterocycles. The molecule has 4 aromatic rings. The van der Waals surface area contributed by atoms with Crippen LogP contribution in [0.25, 0.3) is 11.0 Å². The number of carbonyl (C=O) groups is 1. The second-order valence-corrected chi connectivity index (χ2v) is 6.25. The molecule has 29 heavy (non-hydrogen) atoms. The molecule has 0 radical (unpaired) electrons. The van der Waals surface area contributed by atoms with Crippen molar-refractivity contribution in [3.05, 3.63) is 95.8 Å². The molecular formula is C23H17FN2O3. The van der Waals surface area contributed by atoms with E-state index in [0.29, 0.717) is 22.4 Å². The van der Waals surface area contributed by atoms with Crippen LogP contribution in [-0.2, 0) is 0 Å². The number of ether oxygens (including phenoxy) is 1. The van der Waals surface area contributed by atoms with E-state index in [9.17, 15) is 9.18 Å². The Balaban J connectivity index is 1.89. The number of benzene rings is 3. The van der Waals surface area contributed by atoms with Crippen molar-refractivity contribution in [2.24, 2.45) is 4.99 Å². The summed E-state index contributed by atoms with van der Waals surface area (Å²) in [5.41, 5.74) is 1.37. The monoisotopic (exact) mass is 388 g/mol. The minimum absolute atomic E-state index is 0.00397. The summed E-state index contributed by atoms with van der Waals surface area (Å²) in [6, 6.07) is 22.0. The number of para-hydroxylation sites is 2. The first-order valence-electron chi connectivity index (χ1n) is 8.91. The van der Waals surface area contributed by atoms with Crippen LogP contribution in [0.2, 0.25) is 0 Å². The van der Waals surface area contributed by atoms with E-state index in [-0.39, 0.29) is 16.8 Å². The van der Waals surface area contributed by atoms with Crippen molar-refractivity contribution in [1.29, 1.82) is 0 Å². The molecule has 1 N–H and O–H groups in total. The van der Waals surface area contributed by atoms with Gasteiger partial charge in [0.15, 0.2) is 0 Å². The predicted molar refractivity (Wildman–Crippen MR) is 109 cm³/mol. The second kappa shape index (κ2) is 7.98. The fourth-order valence-electron chi connectivity index (χ4n) is 2.84. The molecule has 4 rings (SSSR count). The van der Waals surface area contributed by atoms with Crippen LogP contribution in [0.5, 0.6) is 5.75 Å². The predicted octanol–water partition coefficient (Wildman–Crippen LogP) is 5.07. The lowest BCUT2D eigenvalue weighted by Crippen LogP contribution is -2.21. The first-order chi connectivity index (χ1) is 14.1. The van der Waals surface area contributed by atoms with E-state index in [1.807, 2.05) is 18.2 Å². The van der Waals surface area contributed by atoms with Gasteiger partial charge in [-0.3, -0.25) is 4.79 Å². The smallest absolute Gasteiger partial charge is 0.261 e. The lowest BCUT2D eigenvalue weighted by atomic mass is 10.1. The number of fused-ring (bicyclic) bond motifs is 1. The fourth-order valence-corrected chi connectivity index (χ4v) is 2.84. The number of amides is 1. The average molecular weight is 388 g/mol. The molecular weight excluding hydrogens is 371 g/mol. The third-order valence-corrected chi connectivity index (χ3v) is 4.31. The number of nitrogens with zero attached hydrogens (tertiary/aromatic N) is 1. The van der Waals surface area contributed by atoms with E-state index < -0.39 is 11.7 Å². The normalized spacial score (nSPS) is 11.4. The number of carbonyl (C=O) groups excluding carboxylic acids is 1. The Bertz CT molecular complexity index is 1250. The molecule has 1 amide bonds. The first kappa shape index (κ1) is 18.4. The highest BCUT2D eigenvalue weighted by atomic mass is 19.1. The van der Waals surface area contributed by atoms with Crippen molar-refractivity contribution in [1.82, 2.24) is 0 Å². The van der Waals surface area contributed by atoms with Crippen LogP contribution in [-0.4, -0.2) is 13.0 Å². The van der Waals surface area contributed by atoms with E-state index >= 15 is 0 Å². The van der Waals surface area contributed by atoms with Crippen molar-refractivity contribution in [2.45, 2.75) is 0 Å². The van der Waals surface area contributed by atoms with Gasteiger partial charge in [-0.2, -0.15) is 0 Å². The SMILES string of the molecule is COc1ccc2cc(C(=O)Nc3ccccc3)c(=Nc3ccccc3F)oc2c1. The van der Waals surface area contributed by atoms with E-state index in [1.165, 1.54) is 12.1 Å². The molecule has 0 saturated heterocycles. The molecule has 0 aliphatic heterocycles. The summed E-state index contributed by atoms with van der Waals surface area (Å²) in [6.45, 7) is 0. The van der Waals surface area contributed by atoms with Gasteiger partial charge in [0.05, 0.1) is 7.11 Å². The van der Waals surface area contributed by atoms with Crippen molar-refractivity contribution in [3.8, 4) is 5.75 Å². The first-order valence-corrected chi connectivity index (χ1v) is 8.91. The third kappa shape index (κ3) is 4.01. The van der Waals surface area contributed by atoms with E-state index in [2.05, 4.69) is 10.3 Å². The second-order valence-electron chi connectivity index (χ2n) is 6.25. The highest BCUT2D eigenvalue weighted by Gasteiger charge is 2.14. The summed E-state index contributed by atoms with van der Waals surface area (Å²) in [4.78, 5) is 17.2. The van der Waals surface area contributed by atoms with Gasteiger partial charge in [0.2, 0.25) is 5.55 Å². The van der Waals surface area contributed by atoms with Gasteiger partial charge < -0.3 is 14.5 Å². The molecule has 0 spiro atoms. The maximum absolute atomic E-state index is 14.1. The number of hydrogen-bond donors (Lipinski definition) is 1. The maximum Gasteiger partial charge on any atom is 0.261 e. The van der Waals surface area contributed by atoms with Gasteiger partial charge in [-0.15, -0.1) is 0 Å². The standard InChI is InChI=1S/C23H17FN2O3/c1-28-17-12-11-15-13-18(22(27)25-16-7-3-2-4-8-16)23(29-21(15)14-17)26-20-10-6-5-9-19(20)24/h2-14H,1H3,(H,25,27). The average Bonchev–Trinajstić information content (AvgIpc) is 2.75. The molecule has 0 atom stereocenters. The zero-order valence-corrected chi connectivity index (χ0v) is 15.6. The largest absolute Gasteiger partial charge is 0.497 e. The molecule has 0 saturated carbocycles. The lowest BCUT2D eigenvalue weighted by Gasteiger charge is -2.08. The number of methoxy groups -OCH3 is 1. The van der Waals surface area contributed by atoms with Gasteiger partial charge in [-0.1, -0.05) is 30.3 Å². The summed E-state index contributed by atoms with van der Waals surface area (Å²) in [7, 11) is 1.55. The Kier molecular flexibility index (Phi) is 5.07. The van der Waals surface area contributed by atoms with Crippen LogP contribution in [0.1, 0.15) is 10.4 Å². The summed E-state index contributed by atoms with van der Waals surface area (Å²) >= 11 is 0. The molecule has 0 bridgehead atoms. The molecule has 3 aromatic carbocycles. The van der Waals surface area contributed by atoms with Gasteiger partial charge in [-0.05, 0) is 42.5 Å². The van der Waals surface area contributed by atoms with Crippen molar-refractivity contribution >= 4 is 28.3 Å². The Hall–Kier alpha value is -3.93. The minimum Gasteiger partial charge on any atom is -0.497 e. The Labute approximate surface area is 166 Å². The molecule has 0 fully saturated rings. The lowest BCUT2D eigenvalue weighted by molar-refractivity contribution is 0.102. The van der Waals surface area contributed by atoms with Crippen molar-refractivity contribution in [2.75, 3.05) is 12.4 Å². The highest BCUT2D eigenvalue weighted by molar-refractivity contribution is 6.05. The van der Waals surface area contributed by atoms with Gasteiger partial charge in [0.1, 0.15) is 28.4 Å². The summed E-state index contributed by atoms with van der Waals surface area (Å²) in [5.74, 6) is -0.324. The van der Waals surface area contributed by atoms with Gasteiger partial charge in [-0.25, -0.2) is 9.38 Å². The Morgan fingerprint density at radius 2 is 1.76 bits per heavy atom. The van der Waals surface area contributed by atoms with Crippen molar-refractivity contribution < 1.29 is 18.3 Å². The van der Waals surface area contributed by atoms with Gasteiger partial charge >= 0.3 is 0 Å². The van der Waals surface area contributed by atoms with Crippen LogP contribution in [0.4, 0.5) is 15.8 Å². The summed E-state index contributed by atoms with van der Waals surface area (Å²) in [6.07, 6.45) is 0. The quantitative estimate of drug-likeness (QED) is 0.531. The van der Waals surface area contributed by atoms with Crippen LogP contribution in [0, 0.1) is 5.82 Å². The van der Waals surface area contributed by atoms with Crippen LogP contribution >= 0.6 is 0 Å². The summed E-state index contributed by atoms with van der Waals surface area (Å²) in [5, 5.41) is 3.50. The van der Waals surface area contributed by atoms with E-state index in [1.54, 1.807) is 55.6 Å². The molecule has 144 valence electrons. The number of rotatable bonds is 4. The van der Waals surface area contributed by atoms with Crippen LogP contribution < -0.4 is 15.6 Å². The zero-order chi connectivity index (χ0) is 20.2. The van der Waals surface area contributed by atoms with Gasteiger partial charge in [0, 0.05) is 17.1 Å². The molecule has 0 aliphatic carbocycles. The highest BCUT2D eigenvalue weighted by Crippen LogP contribution is 2.22. The molecule has 5 nitrogen and oxygen atoms in total. The molecule has 0 aliphatic rings. The van der Waals surface area contributed by atoms with Crippen LogP contribution in [0.15, 0.2) is 88.3 Å². The number of nitrogens with one attached hydrogen (secondary N) is 1. The minimum atomic E-state index is -0.511. The number of halogens is 1. The van der Waals surface area contributed by atoms with E-state index in [4.69, 9.17) is 9.15 Å². The Morgan fingerprint density at radius 3 is 2.52 bits per heavy atom. The topological polar surface area (TPSA) is 63.8 Å². The molecule has 6 heteroatoms. The Morgan fingerprint density at radius 1 is 1.00 bits per heavy atom. The fraction of sp³-hybridized carbons (Fsp3) is 0.0435. The van der Waals surface area contributed by atoms with E-state index in [0.717, 1.165) is 0 Å². The maximum atomic E-state index is 14.1. The van der Waals surface area contributed by atoms with Gasteiger partial charge in [0.25, 0.3) is 5.91 Å². The molecule has 0 unspecified atom stereocenters. The zero-order valence-electron chi connectivity index (χ0n) is 15.6.